The summed E-state index contributed by atoms with van der Waals surface area (Å²) in [6.45, 7) is 6.25. The summed E-state index contributed by atoms with van der Waals surface area (Å²) in [6, 6.07) is 13.6. The maximum absolute atomic E-state index is 12.8. The number of amides is 1. The lowest BCUT2D eigenvalue weighted by molar-refractivity contribution is -0.121. The molecule has 1 fully saturated rings. The molecule has 0 spiro atoms. The van der Waals surface area contributed by atoms with Gasteiger partial charge < -0.3 is 10.2 Å². The van der Waals surface area contributed by atoms with E-state index >= 15 is 0 Å². The summed E-state index contributed by atoms with van der Waals surface area (Å²) in [6.07, 6.45) is 1.71. The summed E-state index contributed by atoms with van der Waals surface area (Å²) in [5.74, 6) is 0.536. The largest absolute Gasteiger partial charge is 0.308 e. The highest BCUT2D eigenvalue weighted by Gasteiger charge is 2.26. The first-order chi connectivity index (χ1) is 14.5. The van der Waals surface area contributed by atoms with Crippen molar-refractivity contribution >= 4 is 34.2 Å². The standard InChI is InChI=1S/C23H24ClN5O/c1-14(2)29-9-7-16(8-10-29)23(30)26-22-19-12-17(4-6-21(19)27-28-22)18-11-15(13-25)3-5-20(18)24/h3-6,11-12,14,16H,7-10H2,1-2H3,(H2,26,27,28,30). The summed E-state index contributed by atoms with van der Waals surface area (Å²) in [5.41, 5.74) is 3.02. The second-order valence-electron chi connectivity index (χ2n) is 8.03. The van der Waals surface area contributed by atoms with Gasteiger partial charge in [0.25, 0.3) is 0 Å². The fourth-order valence-corrected chi connectivity index (χ4v) is 4.22. The van der Waals surface area contributed by atoms with Crippen LogP contribution in [0.4, 0.5) is 5.82 Å². The van der Waals surface area contributed by atoms with Crippen LogP contribution in [0.2, 0.25) is 5.02 Å². The zero-order chi connectivity index (χ0) is 21.3. The zero-order valence-electron chi connectivity index (χ0n) is 17.1. The molecule has 0 aliphatic carbocycles. The second kappa shape index (κ2) is 8.47. The maximum atomic E-state index is 12.8. The molecule has 1 aliphatic rings. The van der Waals surface area contributed by atoms with E-state index in [-0.39, 0.29) is 11.8 Å². The Bertz CT molecular complexity index is 1120. The van der Waals surface area contributed by atoms with Gasteiger partial charge in [-0.05, 0) is 75.7 Å². The van der Waals surface area contributed by atoms with Crippen LogP contribution in [0.3, 0.4) is 0 Å². The molecule has 4 rings (SSSR count). The van der Waals surface area contributed by atoms with Gasteiger partial charge in [0.15, 0.2) is 5.82 Å². The summed E-state index contributed by atoms with van der Waals surface area (Å²) in [7, 11) is 0. The van der Waals surface area contributed by atoms with E-state index in [2.05, 4.69) is 40.3 Å². The number of nitrogens with zero attached hydrogens (tertiary/aromatic N) is 3. The molecule has 0 atom stereocenters. The van der Waals surface area contributed by atoms with Crippen molar-refractivity contribution in [1.82, 2.24) is 15.1 Å². The lowest BCUT2D eigenvalue weighted by atomic mass is 9.95. The van der Waals surface area contributed by atoms with Crippen molar-refractivity contribution in [3.05, 3.63) is 47.0 Å². The van der Waals surface area contributed by atoms with Gasteiger partial charge in [-0.3, -0.25) is 9.89 Å². The SMILES string of the molecule is CC(C)N1CCC(C(=O)Nc2n[nH]c3ccc(-c4cc(C#N)ccc4Cl)cc23)CC1. The zero-order valence-corrected chi connectivity index (χ0v) is 17.8. The van der Waals surface area contributed by atoms with E-state index in [4.69, 9.17) is 11.6 Å². The van der Waals surface area contributed by atoms with Crippen LogP contribution in [-0.2, 0) is 4.79 Å². The summed E-state index contributed by atoms with van der Waals surface area (Å²) >= 11 is 6.37. The number of nitriles is 1. The summed E-state index contributed by atoms with van der Waals surface area (Å²) in [5, 5.41) is 20.9. The van der Waals surface area contributed by atoms with Crippen molar-refractivity contribution in [2.24, 2.45) is 5.92 Å². The van der Waals surface area contributed by atoms with Gasteiger partial charge in [-0.25, -0.2) is 0 Å². The molecule has 7 heteroatoms. The van der Waals surface area contributed by atoms with Crippen molar-refractivity contribution in [1.29, 1.82) is 5.26 Å². The third-order valence-corrected chi connectivity index (χ3v) is 6.17. The fourth-order valence-electron chi connectivity index (χ4n) is 3.99. The van der Waals surface area contributed by atoms with Gasteiger partial charge in [0.1, 0.15) is 0 Å². The van der Waals surface area contributed by atoms with E-state index in [1.807, 2.05) is 18.2 Å². The molecule has 2 aromatic carbocycles. The van der Waals surface area contributed by atoms with Gasteiger partial charge >= 0.3 is 0 Å². The number of rotatable bonds is 4. The molecular formula is C23H24ClN5O. The smallest absolute Gasteiger partial charge is 0.228 e. The Kier molecular flexibility index (Phi) is 5.76. The molecule has 1 amide bonds. The minimum atomic E-state index is -0.00307. The molecule has 1 saturated heterocycles. The fraction of sp³-hybridized carbons (Fsp3) is 0.348. The molecule has 0 radical (unpaired) electrons. The topological polar surface area (TPSA) is 84.8 Å². The first-order valence-electron chi connectivity index (χ1n) is 10.2. The highest BCUT2D eigenvalue weighted by Crippen LogP contribution is 2.33. The van der Waals surface area contributed by atoms with Crippen molar-refractivity contribution in [3.8, 4) is 17.2 Å². The lowest BCUT2D eigenvalue weighted by Crippen LogP contribution is -2.41. The molecule has 3 aromatic rings. The average Bonchev–Trinajstić information content (AvgIpc) is 3.16. The van der Waals surface area contributed by atoms with Crippen LogP contribution in [-0.4, -0.2) is 40.1 Å². The average molecular weight is 422 g/mol. The number of piperidine rings is 1. The Hall–Kier alpha value is -2.88. The van der Waals surface area contributed by atoms with Crippen molar-refractivity contribution in [2.75, 3.05) is 18.4 Å². The van der Waals surface area contributed by atoms with Crippen LogP contribution in [0, 0.1) is 17.2 Å². The highest BCUT2D eigenvalue weighted by atomic mass is 35.5. The Balaban J connectivity index is 1.57. The molecule has 1 aromatic heterocycles. The van der Waals surface area contributed by atoms with E-state index in [1.54, 1.807) is 18.2 Å². The number of carbonyl (C=O) groups excluding carboxylic acids is 1. The molecule has 2 heterocycles. The number of fused-ring (bicyclic) bond motifs is 1. The third kappa shape index (κ3) is 4.04. The monoisotopic (exact) mass is 421 g/mol. The number of carbonyl (C=O) groups is 1. The van der Waals surface area contributed by atoms with Crippen LogP contribution in [0.5, 0.6) is 0 Å². The summed E-state index contributed by atoms with van der Waals surface area (Å²) in [4.78, 5) is 15.2. The number of aromatic amines is 1. The third-order valence-electron chi connectivity index (χ3n) is 5.84. The number of aromatic nitrogens is 2. The Morgan fingerprint density at radius 3 is 2.73 bits per heavy atom. The van der Waals surface area contributed by atoms with Gasteiger partial charge in [-0.15, -0.1) is 0 Å². The van der Waals surface area contributed by atoms with Gasteiger partial charge in [-0.2, -0.15) is 10.4 Å². The molecule has 0 saturated carbocycles. The Morgan fingerprint density at radius 2 is 2.03 bits per heavy atom. The number of halogens is 1. The van der Waals surface area contributed by atoms with Gasteiger partial charge in [0.05, 0.1) is 17.1 Å². The van der Waals surface area contributed by atoms with Gasteiger partial charge in [-0.1, -0.05) is 17.7 Å². The number of anilines is 1. The molecule has 30 heavy (non-hydrogen) atoms. The predicted octanol–water partition coefficient (Wildman–Crippen LogP) is 4.81. The highest BCUT2D eigenvalue weighted by molar-refractivity contribution is 6.33. The van der Waals surface area contributed by atoms with E-state index in [0.717, 1.165) is 48.0 Å². The van der Waals surface area contributed by atoms with Crippen molar-refractivity contribution in [2.45, 2.75) is 32.7 Å². The number of likely N-dealkylation sites (tertiary alicyclic amines) is 1. The van der Waals surface area contributed by atoms with E-state index in [9.17, 15) is 10.1 Å². The molecule has 0 unspecified atom stereocenters. The minimum absolute atomic E-state index is 0.00307. The molecule has 2 N–H and O–H groups in total. The number of benzene rings is 2. The molecule has 6 nitrogen and oxygen atoms in total. The first kappa shape index (κ1) is 20.4. The van der Waals surface area contributed by atoms with Gasteiger partial charge in [0.2, 0.25) is 5.91 Å². The lowest BCUT2D eigenvalue weighted by Gasteiger charge is -2.33. The molecular weight excluding hydrogens is 398 g/mol. The number of hydrogen-bond donors (Lipinski definition) is 2. The quantitative estimate of drug-likeness (QED) is 0.632. The van der Waals surface area contributed by atoms with Crippen LogP contribution in [0.15, 0.2) is 36.4 Å². The normalized spacial score (nSPS) is 15.4. The van der Waals surface area contributed by atoms with E-state index < -0.39 is 0 Å². The van der Waals surface area contributed by atoms with Crippen molar-refractivity contribution in [3.63, 3.8) is 0 Å². The molecule has 0 bridgehead atoms. The minimum Gasteiger partial charge on any atom is -0.308 e. The van der Waals surface area contributed by atoms with Crippen molar-refractivity contribution < 1.29 is 4.79 Å². The van der Waals surface area contributed by atoms with Crippen LogP contribution >= 0.6 is 11.6 Å². The second-order valence-corrected chi connectivity index (χ2v) is 8.44. The van der Waals surface area contributed by atoms with E-state index in [0.29, 0.717) is 22.4 Å². The number of H-pyrrole nitrogens is 1. The van der Waals surface area contributed by atoms with E-state index in [1.165, 1.54) is 0 Å². The number of hydrogen-bond acceptors (Lipinski definition) is 4. The van der Waals surface area contributed by atoms with Crippen LogP contribution in [0.1, 0.15) is 32.3 Å². The maximum Gasteiger partial charge on any atom is 0.228 e. The molecule has 1 aliphatic heterocycles. The summed E-state index contributed by atoms with van der Waals surface area (Å²) < 4.78 is 0. The Labute approximate surface area is 180 Å². The Morgan fingerprint density at radius 1 is 1.27 bits per heavy atom. The van der Waals surface area contributed by atoms with Gasteiger partial charge in [0, 0.05) is 27.9 Å². The number of nitrogens with one attached hydrogen (secondary N) is 2. The first-order valence-corrected chi connectivity index (χ1v) is 10.6. The van der Waals surface area contributed by atoms with Crippen LogP contribution in [0.25, 0.3) is 22.0 Å². The van der Waals surface area contributed by atoms with Crippen LogP contribution < -0.4 is 5.32 Å². The molecule has 154 valence electrons. The predicted molar refractivity (Wildman–Crippen MR) is 119 cm³/mol.